The van der Waals surface area contributed by atoms with Crippen LogP contribution in [0, 0.1) is 5.41 Å². The Morgan fingerprint density at radius 1 is 1.19 bits per heavy atom. The number of hydrogen-bond donors (Lipinski definition) is 0. The Bertz CT molecular complexity index is 816. The predicted octanol–water partition coefficient (Wildman–Crippen LogP) is 4.57. The third-order valence-corrected chi connectivity index (χ3v) is 9.11. The number of anilines is 1. The van der Waals surface area contributed by atoms with Crippen molar-refractivity contribution in [1.82, 2.24) is 4.90 Å². The Labute approximate surface area is 167 Å². The molecule has 7 heteroatoms. The SMILES string of the molecule is CCO[P@]1(=S)C2=C(N3CCOCC3)CC(C)(C)CC2=NN1c1ccccc1. The van der Waals surface area contributed by atoms with Gasteiger partial charge in [-0.05, 0) is 49.1 Å². The summed E-state index contributed by atoms with van der Waals surface area (Å²) in [6.45, 7) is 10.6. The molecule has 2 heterocycles. The molecule has 0 saturated carbocycles. The van der Waals surface area contributed by atoms with Gasteiger partial charge in [-0.15, -0.1) is 0 Å². The fraction of sp³-hybridized carbons (Fsp3) is 0.550. The summed E-state index contributed by atoms with van der Waals surface area (Å²) in [6.07, 6.45) is -0.508. The monoisotopic (exact) mass is 405 g/mol. The number of allylic oxidation sites excluding steroid dienone is 2. The zero-order valence-electron chi connectivity index (χ0n) is 16.4. The molecule has 0 unspecified atom stereocenters. The minimum absolute atomic E-state index is 0.162. The number of hydrogen-bond acceptors (Lipinski definition) is 5. The Kier molecular flexibility index (Phi) is 5.19. The van der Waals surface area contributed by atoms with Crippen molar-refractivity contribution in [2.45, 2.75) is 33.6 Å². The van der Waals surface area contributed by atoms with Gasteiger partial charge in [-0.2, -0.15) is 5.10 Å². The largest absolute Gasteiger partial charge is 0.378 e. The van der Waals surface area contributed by atoms with E-state index in [1.165, 1.54) is 11.0 Å². The van der Waals surface area contributed by atoms with E-state index in [-0.39, 0.29) is 5.41 Å². The summed E-state index contributed by atoms with van der Waals surface area (Å²) in [7, 11) is 0. The molecule has 0 radical (unpaired) electrons. The van der Waals surface area contributed by atoms with Crippen molar-refractivity contribution in [1.29, 1.82) is 0 Å². The molecule has 0 spiro atoms. The molecule has 146 valence electrons. The van der Waals surface area contributed by atoms with Crippen LogP contribution in [-0.4, -0.2) is 43.5 Å². The minimum atomic E-state index is -2.45. The predicted molar refractivity (Wildman–Crippen MR) is 115 cm³/mol. The van der Waals surface area contributed by atoms with Gasteiger partial charge >= 0.3 is 0 Å². The highest BCUT2D eigenvalue weighted by Gasteiger charge is 2.48. The quantitative estimate of drug-likeness (QED) is 0.686. The van der Waals surface area contributed by atoms with Gasteiger partial charge in [0.15, 0.2) is 0 Å². The van der Waals surface area contributed by atoms with Crippen LogP contribution in [0.25, 0.3) is 0 Å². The van der Waals surface area contributed by atoms with Crippen LogP contribution < -0.4 is 4.78 Å². The van der Waals surface area contributed by atoms with Gasteiger partial charge in [-0.1, -0.05) is 32.0 Å². The molecule has 1 aromatic rings. The third kappa shape index (κ3) is 3.49. The smallest absolute Gasteiger partial charge is 0.209 e. The average molecular weight is 406 g/mol. The molecular weight excluding hydrogens is 377 g/mol. The van der Waals surface area contributed by atoms with Crippen LogP contribution in [0.1, 0.15) is 33.6 Å². The molecule has 0 bridgehead atoms. The van der Waals surface area contributed by atoms with Gasteiger partial charge in [0.25, 0.3) is 0 Å². The lowest BCUT2D eigenvalue weighted by molar-refractivity contribution is 0.0489. The Balaban J connectivity index is 1.86. The molecule has 1 aliphatic carbocycles. The normalized spacial score (nSPS) is 27.6. The molecule has 0 amide bonds. The summed E-state index contributed by atoms with van der Waals surface area (Å²) in [5.41, 5.74) is 3.63. The lowest BCUT2D eigenvalue weighted by atomic mass is 9.78. The lowest BCUT2D eigenvalue weighted by Gasteiger charge is -2.41. The molecule has 2 aliphatic heterocycles. The first-order valence-electron chi connectivity index (χ1n) is 9.69. The van der Waals surface area contributed by atoms with Gasteiger partial charge in [0.05, 0.1) is 36.5 Å². The number of fused-ring (bicyclic) bond motifs is 1. The van der Waals surface area contributed by atoms with Crippen LogP contribution in [-0.2, 0) is 21.1 Å². The van der Waals surface area contributed by atoms with E-state index in [1.807, 2.05) is 29.9 Å². The molecule has 0 N–H and O–H groups in total. The fourth-order valence-electron chi connectivity index (χ4n) is 4.14. The van der Waals surface area contributed by atoms with E-state index in [0.717, 1.165) is 50.5 Å². The Morgan fingerprint density at radius 2 is 1.89 bits per heavy atom. The molecule has 4 rings (SSSR count). The van der Waals surface area contributed by atoms with Gasteiger partial charge < -0.3 is 14.2 Å². The molecule has 27 heavy (non-hydrogen) atoms. The Morgan fingerprint density at radius 3 is 2.56 bits per heavy atom. The second kappa shape index (κ2) is 7.32. The Hall–Kier alpha value is -1.20. The van der Waals surface area contributed by atoms with Crippen LogP contribution in [0.5, 0.6) is 0 Å². The third-order valence-electron chi connectivity index (χ3n) is 5.27. The summed E-state index contributed by atoms with van der Waals surface area (Å²) < 4.78 is 13.9. The zero-order chi connectivity index (χ0) is 19.1. The van der Waals surface area contributed by atoms with Crippen LogP contribution in [0.2, 0.25) is 0 Å². The van der Waals surface area contributed by atoms with Gasteiger partial charge in [0.1, 0.15) is 0 Å². The summed E-state index contributed by atoms with van der Waals surface area (Å²) in [4.78, 5) is 2.46. The number of para-hydroxylation sites is 1. The molecule has 0 aromatic heterocycles. The van der Waals surface area contributed by atoms with Crippen molar-refractivity contribution in [3.8, 4) is 0 Å². The van der Waals surface area contributed by atoms with Gasteiger partial charge in [-0.25, -0.2) is 4.78 Å². The van der Waals surface area contributed by atoms with Crippen molar-refractivity contribution < 1.29 is 9.26 Å². The second-order valence-corrected chi connectivity index (χ2v) is 11.6. The van der Waals surface area contributed by atoms with E-state index in [0.29, 0.717) is 6.61 Å². The molecule has 3 aliphatic rings. The number of ether oxygens (including phenoxy) is 1. The van der Waals surface area contributed by atoms with E-state index in [1.54, 1.807) is 0 Å². The highest BCUT2D eigenvalue weighted by Crippen LogP contribution is 2.67. The highest BCUT2D eigenvalue weighted by atomic mass is 32.4. The zero-order valence-corrected chi connectivity index (χ0v) is 18.1. The van der Waals surface area contributed by atoms with E-state index >= 15 is 0 Å². The van der Waals surface area contributed by atoms with E-state index in [9.17, 15) is 0 Å². The van der Waals surface area contributed by atoms with Crippen LogP contribution >= 0.6 is 6.42 Å². The van der Waals surface area contributed by atoms with Gasteiger partial charge in [0.2, 0.25) is 6.42 Å². The van der Waals surface area contributed by atoms with Gasteiger partial charge in [-0.3, -0.25) is 0 Å². The van der Waals surface area contributed by atoms with Crippen molar-refractivity contribution in [3.63, 3.8) is 0 Å². The van der Waals surface area contributed by atoms with Crippen LogP contribution in [0.4, 0.5) is 5.69 Å². The van der Waals surface area contributed by atoms with Crippen molar-refractivity contribution in [3.05, 3.63) is 41.3 Å². The maximum atomic E-state index is 6.34. The van der Waals surface area contributed by atoms with Crippen molar-refractivity contribution in [2.24, 2.45) is 10.5 Å². The second-order valence-electron chi connectivity index (χ2n) is 8.02. The lowest BCUT2D eigenvalue weighted by Crippen LogP contribution is -2.40. The van der Waals surface area contributed by atoms with Crippen molar-refractivity contribution in [2.75, 3.05) is 37.7 Å². The summed E-state index contributed by atoms with van der Waals surface area (Å²) in [5, 5.41) is 6.25. The van der Waals surface area contributed by atoms with E-state index in [4.69, 9.17) is 26.2 Å². The summed E-state index contributed by atoms with van der Waals surface area (Å²) in [6, 6.07) is 10.2. The number of rotatable bonds is 4. The first-order valence-corrected chi connectivity index (χ1v) is 12.4. The number of nitrogens with zero attached hydrogens (tertiary/aromatic N) is 3. The van der Waals surface area contributed by atoms with E-state index < -0.39 is 6.42 Å². The molecule has 5 nitrogen and oxygen atoms in total. The molecule has 1 fully saturated rings. The van der Waals surface area contributed by atoms with Crippen molar-refractivity contribution >= 4 is 29.6 Å². The summed E-state index contributed by atoms with van der Waals surface area (Å²) >= 11 is 6.27. The molecule has 1 saturated heterocycles. The fourth-order valence-corrected chi connectivity index (χ4v) is 7.92. The highest BCUT2D eigenvalue weighted by molar-refractivity contribution is 8.15. The molecular formula is C20H28N3O2PS. The number of morpholine rings is 1. The molecule has 1 aromatic carbocycles. The standard InChI is InChI=1S/C20H28N3O2PS/c1-4-25-26(27)19-17(21-23(26)16-8-6-5-7-9-16)14-20(2,3)15-18(19)22-10-12-24-13-11-22/h5-9H,4,10-15H2,1-3H3/t26-/m0/s1. The van der Waals surface area contributed by atoms with Crippen LogP contribution in [0.3, 0.4) is 0 Å². The van der Waals surface area contributed by atoms with Crippen LogP contribution in [0.15, 0.2) is 46.4 Å². The number of benzene rings is 1. The molecule has 1 atom stereocenters. The topological polar surface area (TPSA) is 37.3 Å². The first-order chi connectivity index (χ1) is 12.9. The number of hydrazone groups is 1. The minimum Gasteiger partial charge on any atom is -0.378 e. The summed E-state index contributed by atoms with van der Waals surface area (Å²) in [5.74, 6) is 0. The first kappa shape index (κ1) is 19.1. The van der Waals surface area contributed by atoms with E-state index in [2.05, 4.69) is 30.9 Å². The van der Waals surface area contributed by atoms with Gasteiger partial charge in [0, 0.05) is 18.8 Å². The maximum Gasteiger partial charge on any atom is 0.209 e. The average Bonchev–Trinajstić information content (AvgIpc) is 2.94. The maximum absolute atomic E-state index is 6.34.